The van der Waals surface area contributed by atoms with E-state index < -0.39 is 55.4 Å². The average Bonchev–Trinajstić information content (AvgIpc) is 3.50. The molecule has 55 heavy (non-hydrogen) atoms. The topological polar surface area (TPSA) is 176 Å². The number of hydrazine groups is 1. The minimum absolute atomic E-state index is 0.0391. The molecule has 0 aromatic carbocycles. The Kier molecular flexibility index (Phi) is 20.4. The van der Waals surface area contributed by atoms with Crippen LogP contribution in [0.3, 0.4) is 0 Å². The highest BCUT2D eigenvalue weighted by atomic mass is 16.7. The van der Waals surface area contributed by atoms with Crippen LogP contribution in [0.25, 0.3) is 0 Å². The fourth-order valence-electron chi connectivity index (χ4n) is 10.6. The van der Waals surface area contributed by atoms with Gasteiger partial charge in [-0.15, -0.1) is 0 Å². The maximum atomic E-state index is 11.5. The average molecular weight is 783 g/mol. The summed E-state index contributed by atoms with van der Waals surface area (Å²) < 4.78 is 17.4. The summed E-state index contributed by atoms with van der Waals surface area (Å²) in [5, 5.41) is 63.3. The molecule has 0 aromatic rings. The van der Waals surface area contributed by atoms with Crippen LogP contribution in [0.5, 0.6) is 0 Å². The monoisotopic (exact) mass is 783 g/mol. The van der Waals surface area contributed by atoms with Crippen molar-refractivity contribution in [2.75, 3.05) is 13.2 Å². The summed E-state index contributed by atoms with van der Waals surface area (Å²) in [5.41, 5.74) is 6.79. The second kappa shape index (κ2) is 24.6. The zero-order valence-corrected chi connectivity index (χ0v) is 34.4. The van der Waals surface area contributed by atoms with E-state index in [1.54, 1.807) is 0 Å². The second-order valence-corrected chi connectivity index (χ2v) is 18.4. The molecule has 7 unspecified atom stereocenters. The molecule has 8 N–H and O–H groups in total. The van der Waals surface area contributed by atoms with E-state index in [0.29, 0.717) is 18.6 Å². The minimum Gasteiger partial charge on any atom is -0.394 e. The van der Waals surface area contributed by atoms with Gasteiger partial charge in [0.1, 0.15) is 24.4 Å². The Balaban J connectivity index is 0.960. The van der Waals surface area contributed by atoms with Crippen LogP contribution in [-0.2, 0) is 14.2 Å². The molecule has 0 spiro atoms. The van der Waals surface area contributed by atoms with Crippen molar-refractivity contribution in [3.63, 3.8) is 0 Å². The van der Waals surface area contributed by atoms with E-state index in [1.165, 1.54) is 122 Å². The van der Waals surface area contributed by atoms with Gasteiger partial charge in [0.2, 0.25) is 0 Å². The molecular formula is C44H82N2O9. The minimum atomic E-state index is -1.54. The highest BCUT2D eigenvalue weighted by Gasteiger charge is 2.62. The molecule has 11 heteroatoms. The number of nitrogens with one attached hydrogen (secondary N) is 2. The van der Waals surface area contributed by atoms with Crippen LogP contribution < -0.4 is 10.9 Å². The van der Waals surface area contributed by atoms with Gasteiger partial charge in [0.25, 0.3) is 0 Å². The number of epoxide rings is 1. The smallest absolute Gasteiger partial charge is 0.186 e. The van der Waals surface area contributed by atoms with Gasteiger partial charge in [0, 0.05) is 18.0 Å². The van der Waals surface area contributed by atoms with E-state index in [1.807, 2.05) is 0 Å². The van der Waals surface area contributed by atoms with E-state index in [9.17, 15) is 30.6 Å². The molecule has 322 valence electrons. The first-order valence-electron chi connectivity index (χ1n) is 23.3. The summed E-state index contributed by atoms with van der Waals surface area (Å²) >= 11 is 0. The molecule has 0 radical (unpaired) electrons. The van der Waals surface area contributed by atoms with Gasteiger partial charge < -0.3 is 44.8 Å². The fraction of sp³-hybridized carbons (Fsp3) is 1.00. The Labute approximate surface area is 333 Å². The van der Waals surface area contributed by atoms with Crippen molar-refractivity contribution >= 4 is 0 Å². The molecule has 0 amide bonds. The second-order valence-electron chi connectivity index (χ2n) is 18.4. The SMILES string of the molecule is CCCCCCCCCCCCCC[C@@H](O)[C@@H](O)[C@H](COC1OC(CO)C(O)C(O)C1O)C1CC(CCCCCCCCCC[C@H]2C[C@@H]3C[C@H]2[C@H]2O[C@@H]32)NN1. The summed E-state index contributed by atoms with van der Waals surface area (Å²) in [6.07, 6.45) is 24.1. The van der Waals surface area contributed by atoms with Gasteiger partial charge in [-0.3, -0.25) is 10.9 Å². The number of aliphatic hydroxyl groups excluding tert-OH is 6. The molecule has 5 fully saturated rings. The molecule has 5 aliphatic rings. The van der Waals surface area contributed by atoms with Gasteiger partial charge >= 0.3 is 0 Å². The van der Waals surface area contributed by atoms with Crippen molar-refractivity contribution in [1.29, 1.82) is 0 Å². The van der Waals surface area contributed by atoms with Gasteiger partial charge in [0.05, 0.1) is 37.6 Å². The first-order chi connectivity index (χ1) is 26.8. The molecule has 3 heterocycles. The van der Waals surface area contributed by atoms with Gasteiger partial charge in [-0.2, -0.15) is 0 Å². The molecule has 2 bridgehead atoms. The number of rotatable bonds is 31. The van der Waals surface area contributed by atoms with Crippen molar-refractivity contribution in [1.82, 2.24) is 10.9 Å². The van der Waals surface area contributed by atoms with E-state index in [4.69, 9.17) is 14.2 Å². The van der Waals surface area contributed by atoms with Gasteiger partial charge in [-0.25, -0.2) is 0 Å². The third-order valence-corrected chi connectivity index (χ3v) is 14.1. The molecular weight excluding hydrogens is 700 g/mol. The predicted molar refractivity (Wildman–Crippen MR) is 214 cm³/mol. The molecule has 11 nitrogen and oxygen atoms in total. The number of fused-ring (bicyclic) bond motifs is 5. The Bertz CT molecular complexity index is 1030. The highest BCUT2D eigenvalue weighted by molar-refractivity contribution is 5.10. The molecule has 3 saturated heterocycles. The van der Waals surface area contributed by atoms with Gasteiger partial charge in [-0.1, -0.05) is 142 Å². The van der Waals surface area contributed by atoms with Crippen molar-refractivity contribution < 1.29 is 44.8 Å². The first kappa shape index (κ1) is 45.6. The predicted octanol–water partition coefficient (Wildman–Crippen LogP) is 5.79. The zero-order chi connectivity index (χ0) is 39.0. The number of ether oxygens (including phenoxy) is 3. The molecule has 15 atom stereocenters. The van der Waals surface area contributed by atoms with Crippen LogP contribution >= 0.6 is 0 Å². The van der Waals surface area contributed by atoms with Crippen LogP contribution in [0.15, 0.2) is 0 Å². The standard InChI is InChI=1S/C44H82N2O9/c1-2-3-4-5-6-7-8-9-10-15-18-21-24-36(48)38(49)34(29-53-44-41(52)40(51)39(50)37(28-47)54-44)35-27-32(45-46-35)23-20-17-14-12-11-13-16-19-22-30-25-31-26-33(30)43-42(31)55-43/h30-52H,2-29H2,1H3/t30-,31+,32?,33+,34+,35?,36+,37?,38-,39?,40?,41?,42-,43+,44?/m0/s1. The Morgan fingerprint density at radius 1 is 0.636 bits per heavy atom. The number of unbranched alkanes of at least 4 members (excludes halogenated alkanes) is 18. The fourth-order valence-corrected chi connectivity index (χ4v) is 10.6. The lowest BCUT2D eigenvalue weighted by atomic mass is 9.85. The number of hydrogen-bond donors (Lipinski definition) is 8. The summed E-state index contributed by atoms with van der Waals surface area (Å²) in [6.45, 7) is 1.67. The molecule has 2 saturated carbocycles. The maximum absolute atomic E-state index is 11.5. The van der Waals surface area contributed by atoms with E-state index in [-0.39, 0.29) is 18.7 Å². The third kappa shape index (κ3) is 14.1. The zero-order valence-electron chi connectivity index (χ0n) is 34.4. The van der Waals surface area contributed by atoms with Crippen LogP contribution in [0.1, 0.15) is 174 Å². The third-order valence-electron chi connectivity index (χ3n) is 14.1. The number of aliphatic hydroxyl groups is 6. The summed E-state index contributed by atoms with van der Waals surface area (Å²) in [5.74, 6) is 2.20. The molecule has 0 aromatic heterocycles. The maximum Gasteiger partial charge on any atom is 0.186 e. The summed E-state index contributed by atoms with van der Waals surface area (Å²) in [6, 6.07) is 0.0572. The van der Waals surface area contributed by atoms with Gasteiger partial charge in [0.15, 0.2) is 6.29 Å². The molecule has 3 aliphatic heterocycles. The Morgan fingerprint density at radius 2 is 1.24 bits per heavy atom. The van der Waals surface area contributed by atoms with Crippen molar-refractivity contribution in [3.8, 4) is 0 Å². The van der Waals surface area contributed by atoms with Crippen LogP contribution in [0.4, 0.5) is 0 Å². The summed E-state index contributed by atoms with van der Waals surface area (Å²) in [4.78, 5) is 0. The van der Waals surface area contributed by atoms with E-state index in [0.717, 1.165) is 56.3 Å². The van der Waals surface area contributed by atoms with Crippen molar-refractivity contribution in [3.05, 3.63) is 0 Å². The quantitative estimate of drug-likeness (QED) is 0.0316. The first-order valence-corrected chi connectivity index (χ1v) is 23.3. The van der Waals surface area contributed by atoms with Crippen LogP contribution in [-0.4, -0.2) is 111 Å². The van der Waals surface area contributed by atoms with Crippen molar-refractivity contribution in [2.45, 2.75) is 241 Å². The Hall–Kier alpha value is -0.440. The normalized spacial score (nSPS) is 35.6. The highest BCUT2D eigenvalue weighted by Crippen LogP contribution is 2.59. The van der Waals surface area contributed by atoms with Crippen molar-refractivity contribution in [2.24, 2.45) is 23.7 Å². The molecule has 5 rings (SSSR count). The van der Waals surface area contributed by atoms with Crippen LogP contribution in [0.2, 0.25) is 0 Å². The number of hydrogen-bond acceptors (Lipinski definition) is 11. The lowest BCUT2D eigenvalue weighted by molar-refractivity contribution is -0.305. The van der Waals surface area contributed by atoms with E-state index in [2.05, 4.69) is 17.8 Å². The Morgan fingerprint density at radius 3 is 1.84 bits per heavy atom. The lowest BCUT2D eigenvalue weighted by Gasteiger charge is -2.40. The van der Waals surface area contributed by atoms with E-state index >= 15 is 0 Å². The van der Waals surface area contributed by atoms with Crippen LogP contribution in [0, 0.1) is 23.7 Å². The molecule has 2 aliphatic carbocycles. The lowest BCUT2D eigenvalue weighted by Crippen LogP contribution is -2.59. The van der Waals surface area contributed by atoms with Gasteiger partial charge in [-0.05, 0) is 49.9 Å². The summed E-state index contributed by atoms with van der Waals surface area (Å²) in [7, 11) is 0. The largest absolute Gasteiger partial charge is 0.394 e.